The largest absolute Gasteiger partial charge is 0.245 e. The Morgan fingerprint density at radius 2 is 1.89 bits per heavy atom. The summed E-state index contributed by atoms with van der Waals surface area (Å²) in [4.78, 5) is -0.256. The van der Waals surface area contributed by atoms with Crippen molar-refractivity contribution < 1.29 is 12.8 Å². The molecule has 0 saturated carbocycles. The number of hydrogen-bond acceptors (Lipinski definition) is 2. The van der Waals surface area contributed by atoms with Crippen molar-refractivity contribution in [2.24, 2.45) is 0 Å². The van der Waals surface area contributed by atoms with Crippen molar-refractivity contribution in [2.45, 2.75) is 24.2 Å². The number of unbranched alkanes of at least 4 members (excludes halogenated alkanes) is 2. The van der Waals surface area contributed by atoms with E-state index in [2.05, 4.69) is 15.9 Å². The van der Waals surface area contributed by atoms with Gasteiger partial charge in [0, 0.05) is 18.9 Å². The van der Waals surface area contributed by atoms with E-state index in [1.54, 1.807) is 0 Å². The van der Waals surface area contributed by atoms with Gasteiger partial charge in [-0.2, -0.15) is 0 Å². The SMILES string of the molecule is CN(CCCCCBr)S(=O)(=O)c1ccccc1F. The smallest absolute Gasteiger partial charge is 0.207 e. The zero-order valence-electron chi connectivity index (χ0n) is 10.3. The molecular weight excluding hydrogens is 321 g/mol. The average Bonchev–Trinajstić information content (AvgIpc) is 2.34. The lowest BCUT2D eigenvalue weighted by Crippen LogP contribution is -2.28. The quantitative estimate of drug-likeness (QED) is 0.566. The second-order valence-corrected chi connectivity index (χ2v) is 6.81. The average molecular weight is 338 g/mol. The van der Waals surface area contributed by atoms with E-state index in [1.165, 1.54) is 29.6 Å². The van der Waals surface area contributed by atoms with Crippen molar-refractivity contribution in [3.8, 4) is 0 Å². The molecule has 0 atom stereocenters. The summed E-state index contributed by atoms with van der Waals surface area (Å²) in [5.41, 5.74) is 0. The van der Waals surface area contributed by atoms with Gasteiger partial charge in [0.05, 0.1) is 0 Å². The molecular formula is C12H17BrFNO2S. The number of sulfonamides is 1. The molecule has 3 nitrogen and oxygen atoms in total. The molecule has 0 amide bonds. The van der Waals surface area contributed by atoms with E-state index in [4.69, 9.17) is 0 Å². The highest BCUT2D eigenvalue weighted by Gasteiger charge is 2.23. The summed E-state index contributed by atoms with van der Waals surface area (Å²) in [5.74, 6) is -0.704. The molecule has 0 aromatic heterocycles. The van der Waals surface area contributed by atoms with Gasteiger partial charge in [-0.1, -0.05) is 34.5 Å². The Labute approximate surface area is 116 Å². The minimum absolute atomic E-state index is 0.256. The molecule has 0 unspecified atom stereocenters. The van der Waals surface area contributed by atoms with E-state index in [1.807, 2.05) is 0 Å². The molecule has 0 N–H and O–H groups in total. The molecule has 0 spiro atoms. The van der Waals surface area contributed by atoms with E-state index < -0.39 is 15.8 Å². The summed E-state index contributed by atoms with van der Waals surface area (Å²) >= 11 is 3.32. The zero-order chi connectivity index (χ0) is 13.6. The van der Waals surface area contributed by atoms with Crippen LogP contribution in [0.25, 0.3) is 0 Å². The third kappa shape index (κ3) is 4.03. The minimum Gasteiger partial charge on any atom is -0.207 e. The van der Waals surface area contributed by atoms with Crippen molar-refractivity contribution in [3.63, 3.8) is 0 Å². The maximum absolute atomic E-state index is 13.5. The second-order valence-electron chi connectivity index (χ2n) is 4.01. The number of rotatable bonds is 7. The van der Waals surface area contributed by atoms with Gasteiger partial charge in [0.25, 0.3) is 0 Å². The third-order valence-electron chi connectivity index (χ3n) is 2.63. The van der Waals surface area contributed by atoms with Crippen LogP contribution in [0.2, 0.25) is 0 Å². The van der Waals surface area contributed by atoms with Crippen LogP contribution in [-0.2, 0) is 10.0 Å². The van der Waals surface area contributed by atoms with Crippen LogP contribution in [0.5, 0.6) is 0 Å². The molecule has 0 fully saturated rings. The van der Waals surface area contributed by atoms with Gasteiger partial charge >= 0.3 is 0 Å². The van der Waals surface area contributed by atoms with E-state index in [0.717, 1.165) is 30.7 Å². The highest BCUT2D eigenvalue weighted by atomic mass is 79.9. The van der Waals surface area contributed by atoms with Crippen LogP contribution in [0.15, 0.2) is 29.2 Å². The Morgan fingerprint density at radius 1 is 1.22 bits per heavy atom. The molecule has 6 heteroatoms. The van der Waals surface area contributed by atoms with Crippen molar-refractivity contribution in [2.75, 3.05) is 18.9 Å². The van der Waals surface area contributed by atoms with Crippen LogP contribution in [0.1, 0.15) is 19.3 Å². The first-order valence-corrected chi connectivity index (χ1v) is 8.33. The van der Waals surface area contributed by atoms with Crippen molar-refractivity contribution in [1.29, 1.82) is 0 Å². The summed E-state index contributed by atoms with van der Waals surface area (Å²) in [6.07, 6.45) is 2.73. The fraction of sp³-hybridized carbons (Fsp3) is 0.500. The lowest BCUT2D eigenvalue weighted by Gasteiger charge is -2.17. The van der Waals surface area contributed by atoms with E-state index in [9.17, 15) is 12.8 Å². The highest BCUT2D eigenvalue weighted by Crippen LogP contribution is 2.18. The number of alkyl halides is 1. The van der Waals surface area contributed by atoms with Gasteiger partial charge < -0.3 is 0 Å². The monoisotopic (exact) mass is 337 g/mol. The predicted molar refractivity (Wildman–Crippen MR) is 73.9 cm³/mol. The molecule has 0 aliphatic rings. The highest BCUT2D eigenvalue weighted by molar-refractivity contribution is 9.09. The normalized spacial score (nSPS) is 12.0. The number of hydrogen-bond donors (Lipinski definition) is 0. The van der Waals surface area contributed by atoms with E-state index in [-0.39, 0.29) is 4.90 Å². The summed E-state index contributed by atoms with van der Waals surface area (Å²) in [7, 11) is -2.23. The second kappa shape index (κ2) is 7.21. The molecule has 0 aliphatic heterocycles. The van der Waals surface area contributed by atoms with Gasteiger partial charge in [-0.3, -0.25) is 0 Å². The summed E-state index contributed by atoms with van der Waals surface area (Å²) in [6, 6.07) is 5.45. The van der Waals surface area contributed by atoms with Gasteiger partial charge in [0.1, 0.15) is 10.7 Å². The molecule has 18 heavy (non-hydrogen) atoms. The van der Waals surface area contributed by atoms with Crippen molar-refractivity contribution >= 4 is 26.0 Å². The fourth-order valence-corrected chi connectivity index (χ4v) is 3.21. The lowest BCUT2D eigenvalue weighted by atomic mass is 10.2. The summed E-state index contributed by atoms with van der Waals surface area (Å²) in [6.45, 7) is 0.406. The van der Waals surface area contributed by atoms with Crippen molar-refractivity contribution in [1.82, 2.24) is 4.31 Å². The Bertz CT molecular complexity index is 479. The van der Waals surface area contributed by atoms with Gasteiger partial charge in [-0.15, -0.1) is 0 Å². The van der Waals surface area contributed by atoms with Gasteiger partial charge in [-0.05, 0) is 25.0 Å². The van der Waals surface area contributed by atoms with Crippen LogP contribution in [-0.4, -0.2) is 31.6 Å². The van der Waals surface area contributed by atoms with E-state index in [0.29, 0.717) is 6.54 Å². The Kier molecular flexibility index (Phi) is 6.25. The van der Waals surface area contributed by atoms with Crippen LogP contribution >= 0.6 is 15.9 Å². The maximum atomic E-state index is 13.5. The molecule has 0 radical (unpaired) electrons. The third-order valence-corrected chi connectivity index (χ3v) is 5.08. The topological polar surface area (TPSA) is 37.4 Å². The molecule has 0 bridgehead atoms. The molecule has 0 aliphatic carbocycles. The summed E-state index contributed by atoms with van der Waals surface area (Å²) < 4.78 is 38.9. The molecule has 1 aromatic rings. The maximum Gasteiger partial charge on any atom is 0.245 e. The Hall–Kier alpha value is -0.460. The molecule has 102 valence electrons. The first kappa shape index (κ1) is 15.6. The standard InChI is InChI=1S/C12H17BrFNO2S/c1-15(10-6-2-5-9-13)18(16,17)12-8-4-3-7-11(12)14/h3-4,7-8H,2,5-6,9-10H2,1H3. The van der Waals surface area contributed by atoms with E-state index >= 15 is 0 Å². The predicted octanol–water partition coefficient (Wildman–Crippen LogP) is 3.01. The van der Waals surface area contributed by atoms with Crippen LogP contribution in [0, 0.1) is 5.82 Å². The molecule has 1 rings (SSSR count). The molecule has 0 heterocycles. The van der Waals surface area contributed by atoms with Gasteiger partial charge in [0.15, 0.2) is 0 Å². The number of benzene rings is 1. The van der Waals surface area contributed by atoms with Crippen LogP contribution in [0.4, 0.5) is 4.39 Å². The zero-order valence-corrected chi connectivity index (χ0v) is 12.7. The first-order valence-electron chi connectivity index (χ1n) is 5.77. The lowest BCUT2D eigenvalue weighted by molar-refractivity contribution is 0.449. The van der Waals surface area contributed by atoms with Gasteiger partial charge in [0.2, 0.25) is 10.0 Å². The minimum atomic E-state index is -3.71. The number of halogens is 2. The Morgan fingerprint density at radius 3 is 2.50 bits per heavy atom. The van der Waals surface area contributed by atoms with Crippen molar-refractivity contribution in [3.05, 3.63) is 30.1 Å². The van der Waals surface area contributed by atoms with Crippen LogP contribution in [0.3, 0.4) is 0 Å². The number of nitrogens with zero attached hydrogens (tertiary/aromatic N) is 1. The Balaban J connectivity index is 2.72. The van der Waals surface area contributed by atoms with Gasteiger partial charge in [-0.25, -0.2) is 17.1 Å². The molecule has 1 aromatic carbocycles. The fourth-order valence-electron chi connectivity index (χ4n) is 1.55. The first-order chi connectivity index (χ1) is 8.50. The summed E-state index contributed by atoms with van der Waals surface area (Å²) in [5, 5.41) is 0.913. The molecule has 0 saturated heterocycles. The van der Waals surface area contributed by atoms with Crippen LogP contribution < -0.4 is 0 Å².